The molecule has 0 amide bonds. The fraction of sp³-hybridized carbons (Fsp3) is 0.480. The predicted molar refractivity (Wildman–Crippen MR) is 126 cm³/mol. The van der Waals surface area contributed by atoms with Crippen LogP contribution in [0.1, 0.15) is 62.8 Å². The number of sulfonamides is 1. The molecule has 0 aromatic heterocycles. The molecule has 1 atom stereocenters. The van der Waals surface area contributed by atoms with Gasteiger partial charge in [-0.3, -0.25) is 4.79 Å². The van der Waals surface area contributed by atoms with Crippen molar-refractivity contribution in [2.45, 2.75) is 57.4 Å². The molecule has 0 unspecified atom stereocenters. The van der Waals surface area contributed by atoms with Gasteiger partial charge in [-0.1, -0.05) is 26.0 Å². The third-order valence-electron chi connectivity index (χ3n) is 5.85. The molecule has 1 aliphatic heterocycles. The monoisotopic (exact) mass is 475 g/mol. The summed E-state index contributed by atoms with van der Waals surface area (Å²) in [5, 5.41) is 0. The third kappa shape index (κ3) is 5.33. The molecule has 2 aromatic carbocycles. The number of hydrogen-bond acceptors (Lipinski definition) is 6. The minimum atomic E-state index is -3.84. The zero-order chi connectivity index (χ0) is 24.2. The second kappa shape index (κ2) is 10.6. The average Bonchev–Trinajstić information content (AvgIpc) is 2.80. The van der Waals surface area contributed by atoms with E-state index in [-0.39, 0.29) is 17.9 Å². The van der Waals surface area contributed by atoms with Gasteiger partial charge in [-0.15, -0.1) is 0 Å². The van der Waals surface area contributed by atoms with Gasteiger partial charge in [0.15, 0.2) is 11.5 Å². The fourth-order valence-corrected chi connectivity index (χ4v) is 5.73. The molecule has 0 fully saturated rings. The van der Waals surface area contributed by atoms with Crippen molar-refractivity contribution in [3.05, 3.63) is 53.1 Å². The molecule has 0 spiro atoms. The molecule has 33 heavy (non-hydrogen) atoms. The number of methoxy groups -OCH3 is 1. The number of nitrogens with zero attached hydrogens (tertiary/aromatic N) is 1. The van der Waals surface area contributed by atoms with Gasteiger partial charge in [-0.05, 0) is 67.1 Å². The minimum absolute atomic E-state index is 0.0909. The van der Waals surface area contributed by atoms with E-state index in [1.54, 1.807) is 18.2 Å². The molecule has 0 saturated carbocycles. The van der Waals surface area contributed by atoms with E-state index in [1.807, 2.05) is 32.0 Å². The van der Waals surface area contributed by atoms with Crippen molar-refractivity contribution in [1.82, 2.24) is 4.31 Å². The van der Waals surface area contributed by atoms with Crippen LogP contribution in [0.15, 0.2) is 41.3 Å². The summed E-state index contributed by atoms with van der Waals surface area (Å²) in [5.74, 6) is 0.978. The van der Waals surface area contributed by atoms with Gasteiger partial charge in [0.2, 0.25) is 10.0 Å². The molecule has 8 heteroatoms. The molecule has 0 bridgehead atoms. The first-order valence-electron chi connectivity index (χ1n) is 11.3. The van der Waals surface area contributed by atoms with Crippen LogP contribution in [-0.2, 0) is 26.0 Å². The van der Waals surface area contributed by atoms with Gasteiger partial charge in [-0.2, -0.15) is 4.31 Å². The third-order valence-corrected chi connectivity index (χ3v) is 7.78. The first kappa shape index (κ1) is 25.1. The van der Waals surface area contributed by atoms with Crippen LogP contribution in [-0.4, -0.2) is 45.6 Å². The lowest BCUT2D eigenvalue weighted by molar-refractivity contribution is -0.141. The van der Waals surface area contributed by atoms with Gasteiger partial charge in [0.25, 0.3) is 0 Å². The lowest BCUT2D eigenvalue weighted by Crippen LogP contribution is -2.41. The smallest absolute Gasteiger partial charge is 0.307 e. The Hall–Kier alpha value is -2.58. The maximum Gasteiger partial charge on any atom is 0.307 e. The molecule has 180 valence electrons. The van der Waals surface area contributed by atoms with Crippen molar-refractivity contribution < 1.29 is 27.4 Å². The van der Waals surface area contributed by atoms with Crippen molar-refractivity contribution in [1.29, 1.82) is 0 Å². The molecular weight excluding hydrogens is 442 g/mol. The van der Waals surface area contributed by atoms with Gasteiger partial charge in [0.1, 0.15) is 0 Å². The molecule has 0 N–H and O–H groups in total. The molecular formula is C25H33NO6S. The predicted octanol–water partition coefficient (Wildman–Crippen LogP) is 4.46. The van der Waals surface area contributed by atoms with E-state index in [2.05, 4.69) is 13.8 Å². The molecule has 1 aliphatic rings. The van der Waals surface area contributed by atoms with E-state index in [9.17, 15) is 13.2 Å². The Morgan fingerprint density at radius 3 is 2.21 bits per heavy atom. The van der Waals surface area contributed by atoms with E-state index < -0.39 is 22.0 Å². The first-order chi connectivity index (χ1) is 15.7. The Morgan fingerprint density at radius 2 is 1.67 bits per heavy atom. The van der Waals surface area contributed by atoms with Crippen LogP contribution in [0.4, 0.5) is 0 Å². The minimum Gasteiger partial charge on any atom is -0.490 e. The second-order valence-electron chi connectivity index (χ2n) is 8.25. The fourth-order valence-electron chi connectivity index (χ4n) is 4.12. The molecule has 0 radical (unpaired) electrons. The SMILES string of the molecule is CCOc1cc2c(cc1OCC)[C@@H](CC(=O)OC)N(S(=O)(=O)c1ccc(C(C)C)cc1)CC2. The van der Waals surface area contributed by atoms with Gasteiger partial charge in [0, 0.05) is 6.54 Å². The number of ether oxygens (including phenoxy) is 3. The van der Waals surface area contributed by atoms with Crippen LogP contribution in [0.5, 0.6) is 11.5 Å². The number of esters is 1. The number of hydrogen-bond donors (Lipinski definition) is 0. The lowest BCUT2D eigenvalue weighted by Gasteiger charge is -2.36. The van der Waals surface area contributed by atoms with Crippen molar-refractivity contribution in [2.75, 3.05) is 26.9 Å². The Morgan fingerprint density at radius 1 is 1.06 bits per heavy atom. The Bertz CT molecular complexity index is 1080. The summed E-state index contributed by atoms with van der Waals surface area (Å²) in [5.41, 5.74) is 2.74. The van der Waals surface area contributed by atoms with E-state index in [0.717, 1.165) is 16.7 Å². The van der Waals surface area contributed by atoms with Crippen LogP contribution in [0.25, 0.3) is 0 Å². The maximum atomic E-state index is 13.7. The normalized spacial score (nSPS) is 16.4. The van der Waals surface area contributed by atoms with E-state index >= 15 is 0 Å². The van der Waals surface area contributed by atoms with Gasteiger partial charge in [-0.25, -0.2) is 8.42 Å². The van der Waals surface area contributed by atoms with Crippen LogP contribution in [0.2, 0.25) is 0 Å². The maximum absolute atomic E-state index is 13.7. The van der Waals surface area contributed by atoms with Crippen molar-refractivity contribution in [3.8, 4) is 11.5 Å². The lowest BCUT2D eigenvalue weighted by atomic mass is 9.91. The van der Waals surface area contributed by atoms with Gasteiger partial charge in [0.05, 0.1) is 37.7 Å². The highest BCUT2D eigenvalue weighted by atomic mass is 32.2. The van der Waals surface area contributed by atoms with Crippen molar-refractivity contribution in [2.24, 2.45) is 0 Å². The highest BCUT2D eigenvalue weighted by molar-refractivity contribution is 7.89. The molecule has 2 aromatic rings. The van der Waals surface area contributed by atoms with E-state index in [1.165, 1.54) is 11.4 Å². The van der Waals surface area contributed by atoms with Gasteiger partial charge >= 0.3 is 5.97 Å². The summed E-state index contributed by atoms with van der Waals surface area (Å²) in [7, 11) is -2.54. The molecule has 0 saturated heterocycles. The summed E-state index contributed by atoms with van der Waals surface area (Å²) in [6.45, 7) is 9.06. The van der Waals surface area contributed by atoms with Gasteiger partial charge < -0.3 is 14.2 Å². The Kier molecular flexibility index (Phi) is 8.02. The number of rotatable bonds is 9. The summed E-state index contributed by atoms with van der Waals surface area (Å²) in [4.78, 5) is 12.5. The zero-order valence-corrected chi connectivity index (χ0v) is 20.8. The molecule has 7 nitrogen and oxygen atoms in total. The second-order valence-corrected chi connectivity index (χ2v) is 10.1. The summed E-state index contributed by atoms with van der Waals surface area (Å²) < 4.78 is 45.1. The van der Waals surface area contributed by atoms with E-state index in [0.29, 0.717) is 37.1 Å². The highest BCUT2D eigenvalue weighted by Crippen LogP contribution is 2.42. The van der Waals surface area contributed by atoms with Crippen molar-refractivity contribution >= 4 is 16.0 Å². The first-order valence-corrected chi connectivity index (χ1v) is 12.8. The zero-order valence-electron chi connectivity index (χ0n) is 20.0. The average molecular weight is 476 g/mol. The standard InChI is InChI=1S/C25H33NO6S/c1-6-31-23-14-19-12-13-26(33(28,29)20-10-8-18(9-11-20)17(3)4)22(16-25(27)30-5)21(19)15-24(23)32-7-2/h8-11,14-15,17,22H,6-7,12-13,16H2,1-5H3/t22-/m1/s1. The number of fused-ring (bicyclic) bond motifs is 1. The Labute approximate surface area is 196 Å². The van der Waals surface area contributed by atoms with E-state index in [4.69, 9.17) is 14.2 Å². The van der Waals surface area contributed by atoms with Crippen molar-refractivity contribution in [3.63, 3.8) is 0 Å². The van der Waals surface area contributed by atoms with Crippen LogP contribution in [0, 0.1) is 0 Å². The van der Waals surface area contributed by atoms with Crippen LogP contribution >= 0.6 is 0 Å². The summed E-state index contributed by atoms with van der Waals surface area (Å²) in [6.07, 6.45) is 0.412. The molecule has 1 heterocycles. The van der Waals surface area contributed by atoms with Crippen LogP contribution in [0.3, 0.4) is 0 Å². The Balaban J connectivity index is 2.08. The largest absolute Gasteiger partial charge is 0.490 e. The highest BCUT2D eigenvalue weighted by Gasteiger charge is 2.38. The quantitative estimate of drug-likeness (QED) is 0.498. The number of carbonyl (C=O) groups is 1. The molecule has 3 rings (SSSR count). The number of benzene rings is 2. The van der Waals surface area contributed by atoms with Crippen LogP contribution < -0.4 is 9.47 Å². The summed E-state index contributed by atoms with van der Waals surface area (Å²) in [6, 6.07) is 9.96. The summed E-state index contributed by atoms with van der Waals surface area (Å²) >= 11 is 0. The number of carbonyl (C=O) groups excluding carboxylic acids is 1. The topological polar surface area (TPSA) is 82.1 Å². The molecule has 0 aliphatic carbocycles.